The van der Waals surface area contributed by atoms with Gasteiger partial charge in [0, 0.05) is 5.69 Å². The van der Waals surface area contributed by atoms with Gasteiger partial charge in [-0.1, -0.05) is 44.0 Å². The van der Waals surface area contributed by atoms with Gasteiger partial charge in [-0.3, -0.25) is 9.59 Å². The summed E-state index contributed by atoms with van der Waals surface area (Å²) in [6.07, 6.45) is 3.24. The minimum Gasteiger partial charge on any atom is -0.493 e. The maximum atomic E-state index is 12.2. The lowest BCUT2D eigenvalue weighted by Gasteiger charge is -2.17. The van der Waals surface area contributed by atoms with Gasteiger partial charge in [0.2, 0.25) is 0 Å². The normalized spacial score (nSPS) is 11.4. The topological polar surface area (TPSA) is 76.7 Å². The van der Waals surface area contributed by atoms with Gasteiger partial charge in [-0.05, 0) is 43.2 Å². The maximum absolute atomic E-state index is 12.2. The number of carbonyl (C=O) groups excluding carboxylic acids is 2. The fourth-order valence-corrected chi connectivity index (χ4v) is 2.66. The van der Waals surface area contributed by atoms with Crippen molar-refractivity contribution >= 4 is 17.5 Å². The smallest absolute Gasteiger partial charge is 0.313 e. The van der Waals surface area contributed by atoms with E-state index in [1.54, 1.807) is 31.4 Å². The van der Waals surface area contributed by atoms with Crippen LogP contribution in [0.15, 0.2) is 48.5 Å². The molecular formula is C22H28N2O4. The summed E-state index contributed by atoms with van der Waals surface area (Å²) in [5, 5.41) is 5.27. The van der Waals surface area contributed by atoms with E-state index < -0.39 is 11.8 Å². The zero-order chi connectivity index (χ0) is 20.4. The number of hydrogen-bond donors (Lipinski definition) is 2. The van der Waals surface area contributed by atoms with Crippen LogP contribution in [0.4, 0.5) is 5.69 Å². The van der Waals surface area contributed by atoms with Gasteiger partial charge in [-0.2, -0.15) is 0 Å². The van der Waals surface area contributed by atoms with Crippen molar-refractivity contribution in [1.82, 2.24) is 5.32 Å². The molecular weight excluding hydrogens is 356 g/mol. The molecule has 1 unspecified atom stereocenters. The Labute approximate surface area is 166 Å². The zero-order valence-corrected chi connectivity index (χ0v) is 16.7. The van der Waals surface area contributed by atoms with E-state index >= 15 is 0 Å². The first-order valence-electron chi connectivity index (χ1n) is 9.52. The molecule has 0 saturated heterocycles. The summed E-state index contributed by atoms with van der Waals surface area (Å²) < 4.78 is 11.2. The van der Waals surface area contributed by atoms with Gasteiger partial charge >= 0.3 is 11.8 Å². The molecule has 0 aromatic heterocycles. The number of para-hydroxylation sites is 1. The summed E-state index contributed by atoms with van der Waals surface area (Å²) >= 11 is 0. The van der Waals surface area contributed by atoms with Crippen molar-refractivity contribution in [1.29, 1.82) is 0 Å². The van der Waals surface area contributed by atoms with Crippen molar-refractivity contribution < 1.29 is 19.1 Å². The summed E-state index contributed by atoms with van der Waals surface area (Å²) in [6.45, 7) is 4.59. The largest absolute Gasteiger partial charge is 0.493 e. The molecule has 0 aliphatic carbocycles. The highest BCUT2D eigenvalue weighted by atomic mass is 16.5. The standard InChI is InChI=1S/C22H28N2O4/c1-4-5-9-14-28-19-13-12-17(15-20(19)27-3)16(2)23-21(25)22(26)24-18-10-7-6-8-11-18/h6-8,10-13,15-16H,4-5,9,14H2,1-3H3,(H,23,25)(H,24,26). The van der Waals surface area contributed by atoms with Crippen LogP contribution in [0.5, 0.6) is 11.5 Å². The predicted molar refractivity (Wildman–Crippen MR) is 110 cm³/mol. The lowest BCUT2D eigenvalue weighted by atomic mass is 10.1. The number of unbranched alkanes of at least 4 members (excludes halogenated alkanes) is 2. The molecule has 0 radical (unpaired) electrons. The lowest BCUT2D eigenvalue weighted by Crippen LogP contribution is -2.36. The number of anilines is 1. The van der Waals surface area contributed by atoms with E-state index in [4.69, 9.17) is 9.47 Å². The summed E-state index contributed by atoms with van der Waals surface area (Å²) in [6, 6.07) is 14.0. The van der Waals surface area contributed by atoms with Gasteiger partial charge in [0.1, 0.15) is 0 Å². The third-order valence-electron chi connectivity index (χ3n) is 4.28. The Bertz CT molecular complexity index is 777. The second kappa shape index (κ2) is 11.0. The van der Waals surface area contributed by atoms with Gasteiger partial charge in [0.15, 0.2) is 11.5 Å². The van der Waals surface area contributed by atoms with Crippen molar-refractivity contribution in [2.45, 2.75) is 39.2 Å². The average molecular weight is 384 g/mol. The van der Waals surface area contributed by atoms with E-state index in [-0.39, 0.29) is 6.04 Å². The Morgan fingerprint density at radius 1 is 1.00 bits per heavy atom. The van der Waals surface area contributed by atoms with E-state index in [9.17, 15) is 9.59 Å². The molecule has 2 amide bonds. The second-order valence-corrected chi connectivity index (χ2v) is 6.48. The molecule has 0 aliphatic heterocycles. The minimum absolute atomic E-state index is 0.364. The van der Waals surface area contributed by atoms with E-state index in [1.165, 1.54) is 0 Å². The van der Waals surface area contributed by atoms with Crippen LogP contribution < -0.4 is 20.1 Å². The van der Waals surface area contributed by atoms with Crippen molar-refractivity contribution in [2.75, 3.05) is 19.0 Å². The number of methoxy groups -OCH3 is 1. The number of benzene rings is 2. The van der Waals surface area contributed by atoms with Crippen LogP contribution in [0.1, 0.15) is 44.7 Å². The number of nitrogens with one attached hydrogen (secondary N) is 2. The molecule has 1 atom stereocenters. The molecule has 0 bridgehead atoms. The minimum atomic E-state index is -0.708. The van der Waals surface area contributed by atoms with Crippen LogP contribution in [-0.2, 0) is 9.59 Å². The molecule has 0 saturated carbocycles. The van der Waals surface area contributed by atoms with Crippen LogP contribution in [-0.4, -0.2) is 25.5 Å². The van der Waals surface area contributed by atoms with E-state index in [0.29, 0.717) is 23.8 Å². The maximum Gasteiger partial charge on any atom is 0.313 e. The fourth-order valence-electron chi connectivity index (χ4n) is 2.66. The van der Waals surface area contributed by atoms with Gasteiger partial charge in [0.05, 0.1) is 19.8 Å². The van der Waals surface area contributed by atoms with Crippen molar-refractivity contribution in [2.24, 2.45) is 0 Å². The summed E-state index contributed by atoms with van der Waals surface area (Å²) in [5.74, 6) is -0.136. The molecule has 2 aromatic carbocycles. The molecule has 0 heterocycles. The first kappa shape index (κ1) is 21.3. The Balaban J connectivity index is 1.96. The average Bonchev–Trinajstić information content (AvgIpc) is 2.71. The van der Waals surface area contributed by atoms with Crippen LogP contribution in [0.25, 0.3) is 0 Å². The van der Waals surface area contributed by atoms with E-state index in [0.717, 1.165) is 24.8 Å². The Morgan fingerprint density at radius 3 is 2.43 bits per heavy atom. The third kappa shape index (κ3) is 6.30. The van der Waals surface area contributed by atoms with Gasteiger partial charge in [-0.25, -0.2) is 0 Å². The molecule has 150 valence electrons. The number of carbonyl (C=O) groups is 2. The van der Waals surface area contributed by atoms with Crippen molar-refractivity contribution in [3.05, 3.63) is 54.1 Å². The SMILES string of the molecule is CCCCCOc1ccc(C(C)NC(=O)C(=O)Nc2ccccc2)cc1OC. The lowest BCUT2D eigenvalue weighted by molar-refractivity contribution is -0.136. The number of ether oxygens (including phenoxy) is 2. The van der Waals surface area contributed by atoms with Crippen LogP contribution in [0, 0.1) is 0 Å². The van der Waals surface area contributed by atoms with E-state index in [2.05, 4.69) is 17.6 Å². The van der Waals surface area contributed by atoms with Crippen LogP contribution in [0.3, 0.4) is 0 Å². The Kier molecular flexibility index (Phi) is 8.34. The number of amides is 2. The van der Waals surface area contributed by atoms with Gasteiger partial charge < -0.3 is 20.1 Å². The number of hydrogen-bond acceptors (Lipinski definition) is 4. The molecule has 2 rings (SSSR count). The molecule has 0 aliphatic rings. The first-order valence-corrected chi connectivity index (χ1v) is 9.52. The fraction of sp³-hybridized carbons (Fsp3) is 0.364. The Morgan fingerprint density at radius 2 is 1.75 bits per heavy atom. The molecule has 6 nitrogen and oxygen atoms in total. The second-order valence-electron chi connectivity index (χ2n) is 6.48. The highest BCUT2D eigenvalue weighted by Crippen LogP contribution is 2.30. The van der Waals surface area contributed by atoms with E-state index in [1.807, 2.05) is 31.2 Å². The van der Waals surface area contributed by atoms with Crippen LogP contribution >= 0.6 is 0 Å². The highest BCUT2D eigenvalue weighted by molar-refractivity contribution is 6.39. The monoisotopic (exact) mass is 384 g/mol. The number of rotatable bonds is 9. The zero-order valence-electron chi connectivity index (χ0n) is 16.7. The van der Waals surface area contributed by atoms with Gasteiger partial charge in [-0.15, -0.1) is 0 Å². The Hall–Kier alpha value is -3.02. The third-order valence-corrected chi connectivity index (χ3v) is 4.28. The summed E-state index contributed by atoms with van der Waals surface area (Å²) in [7, 11) is 1.58. The van der Waals surface area contributed by atoms with Crippen LogP contribution in [0.2, 0.25) is 0 Å². The predicted octanol–water partition coefficient (Wildman–Crippen LogP) is 4.08. The summed E-state index contributed by atoms with van der Waals surface area (Å²) in [5.41, 5.74) is 1.39. The molecule has 28 heavy (non-hydrogen) atoms. The summed E-state index contributed by atoms with van der Waals surface area (Å²) in [4.78, 5) is 24.2. The van der Waals surface area contributed by atoms with Gasteiger partial charge in [0.25, 0.3) is 0 Å². The highest BCUT2D eigenvalue weighted by Gasteiger charge is 2.18. The van der Waals surface area contributed by atoms with Crippen molar-refractivity contribution in [3.8, 4) is 11.5 Å². The molecule has 0 fully saturated rings. The molecule has 2 N–H and O–H groups in total. The first-order chi connectivity index (χ1) is 13.5. The molecule has 0 spiro atoms. The molecule has 2 aromatic rings. The van der Waals surface area contributed by atoms with Crippen molar-refractivity contribution in [3.63, 3.8) is 0 Å². The quantitative estimate of drug-likeness (QED) is 0.504. The molecule has 6 heteroatoms.